The fraction of sp³-hybridized carbons (Fsp3) is 0.235. The van der Waals surface area contributed by atoms with Gasteiger partial charge in [-0.2, -0.15) is 4.98 Å². The summed E-state index contributed by atoms with van der Waals surface area (Å²) in [6.07, 6.45) is 0. The van der Waals surface area contributed by atoms with Crippen LogP contribution in [0.15, 0.2) is 52.4 Å². The summed E-state index contributed by atoms with van der Waals surface area (Å²) in [6, 6.07) is 12.9. The second-order valence-corrected chi connectivity index (χ2v) is 6.44. The van der Waals surface area contributed by atoms with Gasteiger partial charge in [-0.3, -0.25) is 4.79 Å². The minimum Gasteiger partial charge on any atom is -0.339 e. The van der Waals surface area contributed by atoms with Crippen LogP contribution in [0.2, 0.25) is 0 Å². The first kappa shape index (κ1) is 15.4. The molecular weight excluding hydrogens is 310 g/mol. The first-order valence-electron chi connectivity index (χ1n) is 7.38. The highest BCUT2D eigenvalue weighted by molar-refractivity contribution is 7.12. The van der Waals surface area contributed by atoms with Gasteiger partial charge in [-0.05, 0) is 17.4 Å². The first-order chi connectivity index (χ1) is 11.1. The van der Waals surface area contributed by atoms with Gasteiger partial charge in [0, 0.05) is 5.56 Å². The van der Waals surface area contributed by atoms with Crippen LogP contribution in [0.5, 0.6) is 0 Å². The number of hydrogen-bond acceptors (Lipinski definition) is 5. The lowest BCUT2D eigenvalue weighted by atomic mass is 10.0. The number of carbonyl (C=O) groups excluding carboxylic acids is 1. The Morgan fingerprint density at radius 2 is 1.96 bits per heavy atom. The van der Waals surface area contributed by atoms with E-state index in [2.05, 4.69) is 15.5 Å². The van der Waals surface area contributed by atoms with E-state index in [1.165, 1.54) is 11.3 Å². The molecule has 1 N–H and O–H groups in total. The maximum Gasteiger partial charge on any atom is 0.262 e. The van der Waals surface area contributed by atoms with E-state index in [4.69, 9.17) is 4.52 Å². The average molecular weight is 327 g/mol. The van der Waals surface area contributed by atoms with Gasteiger partial charge < -0.3 is 9.84 Å². The highest BCUT2D eigenvalue weighted by atomic mass is 32.1. The van der Waals surface area contributed by atoms with Crippen molar-refractivity contribution in [1.29, 1.82) is 0 Å². The molecule has 3 rings (SSSR count). The minimum atomic E-state index is -0.324. The van der Waals surface area contributed by atoms with E-state index in [0.717, 1.165) is 5.56 Å². The van der Waals surface area contributed by atoms with E-state index in [1.54, 1.807) is 6.07 Å². The second kappa shape index (κ2) is 6.75. The monoisotopic (exact) mass is 327 g/mol. The molecule has 0 unspecified atom stereocenters. The van der Waals surface area contributed by atoms with E-state index in [1.807, 2.05) is 55.6 Å². The number of carbonyl (C=O) groups is 1. The zero-order valence-corrected chi connectivity index (χ0v) is 13.7. The maximum atomic E-state index is 12.3. The largest absolute Gasteiger partial charge is 0.339 e. The molecular formula is C17H17N3O2S. The van der Waals surface area contributed by atoms with Crippen molar-refractivity contribution < 1.29 is 9.32 Å². The molecule has 0 fully saturated rings. The normalized spacial score (nSPS) is 12.3. The number of thiophene rings is 1. The molecule has 0 saturated carbocycles. The molecule has 118 valence electrons. The number of nitrogens with zero attached hydrogens (tertiary/aromatic N) is 2. The van der Waals surface area contributed by atoms with Gasteiger partial charge in [0.25, 0.3) is 5.91 Å². The van der Waals surface area contributed by atoms with Crippen LogP contribution in [0.3, 0.4) is 0 Å². The van der Waals surface area contributed by atoms with E-state index in [0.29, 0.717) is 16.6 Å². The third-order valence-electron chi connectivity index (χ3n) is 3.44. The van der Waals surface area contributed by atoms with Crippen molar-refractivity contribution in [2.75, 3.05) is 0 Å². The quantitative estimate of drug-likeness (QED) is 0.771. The Morgan fingerprint density at radius 1 is 1.17 bits per heavy atom. The Morgan fingerprint density at radius 3 is 2.61 bits per heavy atom. The number of rotatable bonds is 5. The third-order valence-corrected chi connectivity index (χ3v) is 4.31. The molecule has 0 radical (unpaired) electrons. The van der Waals surface area contributed by atoms with Gasteiger partial charge in [-0.15, -0.1) is 11.3 Å². The summed E-state index contributed by atoms with van der Waals surface area (Å²) in [4.78, 5) is 17.4. The SMILES string of the molecule is CC(C)[C@@H](NC(=O)c1cccs1)c1nc(-c2ccccc2)no1. The van der Waals surface area contributed by atoms with Gasteiger partial charge in [-0.25, -0.2) is 0 Å². The summed E-state index contributed by atoms with van der Waals surface area (Å²) < 4.78 is 5.39. The molecule has 0 bridgehead atoms. The molecule has 1 aromatic carbocycles. The molecule has 6 heteroatoms. The van der Waals surface area contributed by atoms with Crippen molar-refractivity contribution in [3.63, 3.8) is 0 Å². The molecule has 1 amide bonds. The predicted octanol–water partition coefficient (Wildman–Crippen LogP) is 3.93. The van der Waals surface area contributed by atoms with Crippen molar-refractivity contribution in [1.82, 2.24) is 15.5 Å². The van der Waals surface area contributed by atoms with E-state index in [-0.39, 0.29) is 17.9 Å². The van der Waals surface area contributed by atoms with Crippen LogP contribution in [-0.4, -0.2) is 16.0 Å². The van der Waals surface area contributed by atoms with Crippen molar-refractivity contribution in [3.8, 4) is 11.4 Å². The van der Waals surface area contributed by atoms with Gasteiger partial charge in [-0.1, -0.05) is 55.4 Å². The maximum absolute atomic E-state index is 12.3. The lowest BCUT2D eigenvalue weighted by molar-refractivity contribution is 0.0918. The van der Waals surface area contributed by atoms with Crippen LogP contribution >= 0.6 is 11.3 Å². The van der Waals surface area contributed by atoms with Crippen LogP contribution in [0.25, 0.3) is 11.4 Å². The molecule has 0 aliphatic rings. The zero-order valence-electron chi connectivity index (χ0n) is 12.9. The zero-order chi connectivity index (χ0) is 16.2. The molecule has 5 nitrogen and oxygen atoms in total. The fourth-order valence-corrected chi connectivity index (χ4v) is 2.83. The van der Waals surface area contributed by atoms with Crippen molar-refractivity contribution in [2.24, 2.45) is 5.92 Å². The lowest BCUT2D eigenvalue weighted by Crippen LogP contribution is -2.31. The summed E-state index contributed by atoms with van der Waals surface area (Å²) in [6.45, 7) is 4.01. The van der Waals surface area contributed by atoms with Crippen molar-refractivity contribution in [2.45, 2.75) is 19.9 Å². The molecule has 0 aliphatic heterocycles. The van der Waals surface area contributed by atoms with E-state index >= 15 is 0 Å². The van der Waals surface area contributed by atoms with Gasteiger partial charge in [0.15, 0.2) is 0 Å². The Labute approximate surface area is 138 Å². The molecule has 0 spiro atoms. The Hall–Kier alpha value is -2.47. The smallest absolute Gasteiger partial charge is 0.262 e. The summed E-state index contributed by atoms with van der Waals surface area (Å²) in [7, 11) is 0. The Balaban J connectivity index is 1.82. The molecule has 0 saturated heterocycles. The highest BCUT2D eigenvalue weighted by Crippen LogP contribution is 2.24. The number of hydrogen-bond donors (Lipinski definition) is 1. The minimum absolute atomic E-state index is 0.127. The van der Waals surface area contributed by atoms with Crippen molar-refractivity contribution in [3.05, 3.63) is 58.6 Å². The van der Waals surface area contributed by atoms with Gasteiger partial charge in [0.1, 0.15) is 6.04 Å². The average Bonchev–Trinajstić information content (AvgIpc) is 3.24. The van der Waals surface area contributed by atoms with Gasteiger partial charge in [0.2, 0.25) is 11.7 Å². The fourth-order valence-electron chi connectivity index (χ4n) is 2.20. The van der Waals surface area contributed by atoms with Crippen LogP contribution in [0, 0.1) is 5.92 Å². The summed E-state index contributed by atoms with van der Waals surface area (Å²) in [5, 5.41) is 8.87. The van der Waals surface area contributed by atoms with E-state index < -0.39 is 0 Å². The third kappa shape index (κ3) is 3.48. The van der Waals surface area contributed by atoms with Crippen LogP contribution in [0.4, 0.5) is 0 Å². The summed E-state index contributed by atoms with van der Waals surface area (Å²) >= 11 is 1.40. The molecule has 2 aromatic heterocycles. The van der Waals surface area contributed by atoms with Crippen molar-refractivity contribution >= 4 is 17.2 Å². The standard InChI is InChI=1S/C17H17N3O2S/c1-11(2)14(18-16(21)13-9-6-10-23-13)17-19-15(20-22-17)12-7-4-3-5-8-12/h3-11,14H,1-2H3,(H,18,21)/t14-/m1/s1. The number of nitrogens with one attached hydrogen (secondary N) is 1. The predicted molar refractivity (Wildman–Crippen MR) is 89.1 cm³/mol. The highest BCUT2D eigenvalue weighted by Gasteiger charge is 2.25. The van der Waals surface area contributed by atoms with Crippen LogP contribution < -0.4 is 5.32 Å². The Bertz CT molecular complexity index is 766. The van der Waals surface area contributed by atoms with Crippen LogP contribution in [0.1, 0.15) is 35.5 Å². The first-order valence-corrected chi connectivity index (χ1v) is 8.26. The Kier molecular flexibility index (Phi) is 4.52. The molecule has 1 atom stereocenters. The van der Waals surface area contributed by atoms with Gasteiger partial charge >= 0.3 is 0 Å². The van der Waals surface area contributed by atoms with Gasteiger partial charge in [0.05, 0.1) is 4.88 Å². The molecule has 3 aromatic rings. The molecule has 2 heterocycles. The molecule has 0 aliphatic carbocycles. The van der Waals surface area contributed by atoms with Crippen LogP contribution in [-0.2, 0) is 0 Å². The lowest BCUT2D eigenvalue weighted by Gasteiger charge is -2.17. The van der Waals surface area contributed by atoms with E-state index in [9.17, 15) is 4.79 Å². The number of benzene rings is 1. The summed E-state index contributed by atoms with van der Waals surface area (Å²) in [5.74, 6) is 0.946. The molecule has 23 heavy (non-hydrogen) atoms. The number of amides is 1. The summed E-state index contributed by atoms with van der Waals surface area (Å²) in [5.41, 5.74) is 0.884. The topological polar surface area (TPSA) is 68.0 Å². The number of aromatic nitrogens is 2. The second-order valence-electron chi connectivity index (χ2n) is 5.49.